The summed E-state index contributed by atoms with van der Waals surface area (Å²) in [7, 11) is 1.78. The van der Waals surface area contributed by atoms with Crippen molar-refractivity contribution in [3.05, 3.63) is 45.6 Å². The number of alkyl halides is 3. The van der Waals surface area contributed by atoms with Crippen LogP contribution in [0.15, 0.2) is 29.6 Å². The summed E-state index contributed by atoms with van der Waals surface area (Å²) in [6.45, 7) is 7.82. The Labute approximate surface area is 150 Å². The molecule has 1 heterocycles. The summed E-state index contributed by atoms with van der Waals surface area (Å²) >= 11 is 1.47. The number of halogens is 3. The maximum atomic E-state index is 12.7. The first-order chi connectivity index (χ1) is 11.4. The molecule has 0 spiro atoms. The molecule has 136 valence electrons. The lowest BCUT2D eigenvalue weighted by Crippen LogP contribution is -2.43. The number of carbonyl (C=O) groups is 1. The highest BCUT2D eigenvalue weighted by Crippen LogP contribution is 2.34. The predicted molar refractivity (Wildman–Crippen MR) is 95.7 cm³/mol. The lowest BCUT2D eigenvalue weighted by Gasteiger charge is -2.32. The Bertz CT molecular complexity index is 754. The lowest BCUT2D eigenvalue weighted by atomic mass is 10.0. The highest BCUT2D eigenvalue weighted by molar-refractivity contribution is 7.10. The SMILES string of the molecule is Cc1c(-c2ccc(C(F)(F)F)cc2)csc1CC(=O)N(C)C(C)(C)C. The molecule has 0 saturated heterocycles. The molecule has 0 fully saturated rings. The van der Waals surface area contributed by atoms with Crippen molar-refractivity contribution in [1.82, 2.24) is 4.90 Å². The number of likely N-dealkylation sites (N-methyl/N-ethyl adjacent to an activating group) is 1. The van der Waals surface area contributed by atoms with Crippen LogP contribution in [-0.4, -0.2) is 23.4 Å². The second kappa shape index (κ2) is 6.83. The average Bonchev–Trinajstić information content (AvgIpc) is 2.86. The number of benzene rings is 1. The minimum atomic E-state index is -4.34. The quantitative estimate of drug-likeness (QED) is 0.695. The van der Waals surface area contributed by atoms with E-state index in [0.29, 0.717) is 6.42 Å². The number of hydrogen-bond acceptors (Lipinski definition) is 2. The zero-order valence-electron chi connectivity index (χ0n) is 15.0. The number of nitrogens with zero attached hydrogens (tertiary/aromatic N) is 1. The molecule has 1 aromatic carbocycles. The summed E-state index contributed by atoms with van der Waals surface area (Å²) in [5.74, 6) is 0.0245. The minimum Gasteiger partial charge on any atom is -0.341 e. The van der Waals surface area contributed by atoms with E-state index in [0.717, 1.165) is 33.7 Å². The first-order valence-corrected chi connectivity index (χ1v) is 8.80. The van der Waals surface area contributed by atoms with Crippen molar-refractivity contribution in [3.63, 3.8) is 0 Å². The fraction of sp³-hybridized carbons (Fsp3) is 0.421. The van der Waals surface area contributed by atoms with Crippen LogP contribution in [0.1, 0.15) is 36.8 Å². The van der Waals surface area contributed by atoms with Gasteiger partial charge in [0.05, 0.1) is 12.0 Å². The van der Waals surface area contributed by atoms with E-state index < -0.39 is 11.7 Å². The normalized spacial score (nSPS) is 12.3. The molecule has 0 unspecified atom stereocenters. The maximum Gasteiger partial charge on any atom is 0.416 e. The molecule has 6 heteroatoms. The summed E-state index contributed by atoms with van der Waals surface area (Å²) < 4.78 is 38.0. The molecule has 0 bridgehead atoms. The Morgan fingerprint density at radius 3 is 2.16 bits per heavy atom. The van der Waals surface area contributed by atoms with Crippen LogP contribution in [0.25, 0.3) is 11.1 Å². The van der Waals surface area contributed by atoms with E-state index in [-0.39, 0.29) is 11.4 Å². The number of amides is 1. The van der Waals surface area contributed by atoms with E-state index in [1.165, 1.54) is 23.5 Å². The van der Waals surface area contributed by atoms with E-state index >= 15 is 0 Å². The zero-order chi connectivity index (χ0) is 19.0. The van der Waals surface area contributed by atoms with Gasteiger partial charge in [-0.2, -0.15) is 13.2 Å². The third-order valence-electron chi connectivity index (χ3n) is 4.36. The van der Waals surface area contributed by atoms with Gasteiger partial charge in [-0.3, -0.25) is 4.79 Å². The van der Waals surface area contributed by atoms with Gasteiger partial charge in [-0.1, -0.05) is 12.1 Å². The Morgan fingerprint density at radius 1 is 1.12 bits per heavy atom. The Balaban J connectivity index is 2.23. The molecule has 0 aliphatic carbocycles. The van der Waals surface area contributed by atoms with E-state index in [4.69, 9.17) is 0 Å². The number of hydrogen-bond donors (Lipinski definition) is 0. The maximum absolute atomic E-state index is 12.7. The molecule has 1 amide bonds. The third kappa shape index (κ3) is 4.42. The Hall–Kier alpha value is -1.82. The van der Waals surface area contributed by atoms with Gasteiger partial charge in [0.15, 0.2) is 0 Å². The fourth-order valence-electron chi connectivity index (χ4n) is 2.38. The van der Waals surface area contributed by atoms with Gasteiger partial charge in [0.25, 0.3) is 0 Å². The van der Waals surface area contributed by atoms with Gasteiger partial charge in [-0.05, 0) is 61.9 Å². The molecule has 1 aromatic heterocycles. The van der Waals surface area contributed by atoms with E-state index in [1.807, 2.05) is 33.1 Å². The molecule has 2 aromatic rings. The van der Waals surface area contributed by atoms with Crippen molar-refractivity contribution in [2.75, 3.05) is 7.05 Å². The molecule has 2 nitrogen and oxygen atoms in total. The van der Waals surface area contributed by atoms with Crippen LogP contribution < -0.4 is 0 Å². The third-order valence-corrected chi connectivity index (χ3v) is 5.45. The summed E-state index contributed by atoms with van der Waals surface area (Å²) in [5.41, 5.74) is 1.63. The van der Waals surface area contributed by atoms with Crippen LogP contribution in [0.4, 0.5) is 13.2 Å². The molecule has 25 heavy (non-hydrogen) atoms. The number of carbonyl (C=O) groups excluding carboxylic acids is 1. The average molecular weight is 369 g/mol. The zero-order valence-corrected chi connectivity index (χ0v) is 15.8. The van der Waals surface area contributed by atoms with Gasteiger partial charge in [0.2, 0.25) is 5.91 Å². The van der Waals surface area contributed by atoms with Crippen molar-refractivity contribution >= 4 is 17.2 Å². The Morgan fingerprint density at radius 2 is 1.68 bits per heavy atom. The predicted octanol–water partition coefficient (Wildman–Crippen LogP) is 5.54. The van der Waals surface area contributed by atoms with E-state index in [1.54, 1.807) is 11.9 Å². The number of thiophene rings is 1. The van der Waals surface area contributed by atoms with Crippen molar-refractivity contribution < 1.29 is 18.0 Å². The van der Waals surface area contributed by atoms with Crippen LogP contribution in [0.3, 0.4) is 0 Å². The standard InChI is InChI=1S/C19H22F3NOS/c1-12-15(13-6-8-14(9-7-13)19(20,21)22)11-25-16(12)10-17(24)23(5)18(2,3)4/h6-9,11H,10H2,1-5H3. The number of rotatable bonds is 3. The smallest absolute Gasteiger partial charge is 0.341 e. The van der Waals surface area contributed by atoms with Crippen LogP contribution in [0, 0.1) is 6.92 Å². The molecular formula is C19H22F3NOS. The van der Waals surface area contributed by atoms with Crippen LogP contribution in [-0.2, 0) is 17.4 Å². The molecule has 0 N–H and O–H groups in total. The molecule has 0 aliphatic heterocycles. The van der Waals surface area contributed by atoms with Gasteiger partial charge < -0.3 is 4.90 Å². The van der Waals surface area contributed by atoms with Crippen LogP contribution >= 0.6 is 11.3 Å². The van der Waals surface area contributed by atoms with Crippen molar-refractivity contribution in [2.24, 2.45) is 0 Å². The van der Waals surface area contributed by atoms with Crippen molar-refractivity contribution in [2.45, 2.75) is 45.8 Å². The van der Waals surface area contributed by atoms with Crippen LogP contribution in [0.2, 0.25) is 0 Å². The molecule has 0 atom stereocenters. The second-order valence-electron chi connectivity index (χ2n) is 7.07. The first kappa shape index (κ1) is 19.5. The second-order valence-corrected chi connectivity index (χ2v) is 8.04. The lowest BCUT2D eigenvalue weighted by molar-refractivity contribution is -0.137. The summed E-state index contributed by atoms with van der Waals surface area (Å²) in [5, 5.41) is 1.90. The monoisotopic (exact) mass is 369 g/mol. The van der Waals surface area contributed by atoms with E-state index in [2.05, 4.69) is 0 Å². The highest BCUT2D eigenvalue weighted by atomic mass is 32.1. The van der Waals surface area contributed by atoms with Crippen molar-refractivity contribution in [3.8, 4) is 11.1 Å². The summed E-state index contributed by atoms with van der Waals surface area (Å²) in [4.78, 5) is 15.1. The topological polar surface area (TPSA) is 20.3 Å². The van der Waals surface area contributed by atoms with Gasteiger partial charge >= 0.3 is 6.18 Å². The summed E-state index contributed by atoms with van der Waals surface area (Å²) in [6.07, 6.45) is -4.04. The molecular weight excluding hydrogens is 347 g/mol. The minimum absolute atomic E-state index is 0.0245. The molecule has 0 radical (unpaired) electrons. The first-order valence-electron chi connectivity index (χ1n) is 7.92. The Kier molecular flexibility index (Phi) is 5.33. The van der Waals surface area contributed by atoms with Gasteiger partial charge in [-0.25, -0.2) is 0 Å². The largest absolute Gasteiger partial charge is 0.416 e. The van der Waals surface area contributed by atoms with Gasteiger partial charge in [0, 0.05) is 17.5 Å². The summed E-state index contributed by atoms with van der Waals surface area (Å²) in [6, 6.07) is 5.13. The molecule has 0 saturated carbocycles. The van der Waals surface area contributed by atoms with Crippen LogP contribution in [0.5, 0.6) is 0 Å². The van der Waals surface area contributed by atoms with E-state index in [9.17, 15) is 18.0 Å². The van der Waals surface area contributed by atoms with Gasteiger partial charge in [-0.15, -0.1) is 11.3 Å². The van der Waals surface area contributed by atoms with Crippen molar-refractivity contribution in [1.29, 1.82) is 0 Å². The van der Waals surface area contributed by atoms with Gasteiger partial charge in [0.1, 0.15) is 0 Å². The fourth-order valence-corrected chi connectivity index (χ4v) is 3.45. The molecule has 0 aliphatic rings. The highest BCUT2D eigenvalue weighted by Gasteiger charge is 2.30. The molecule has 2 rings (SSSR count).